The zero-order chi connectivity index (χ0) is 12.1. The van der Waals surface area contributed by atoms with E-state index in [1.165, 1.54) is 12.8 Å². The van der Waals surface area contributed by atoms with Crippen LogP contribution in [0, 0.1) is 5.92 Å². The summed E-state index contributed by atoms with van der Waals surface area (Å²) in [6.45, 7) is 8.39. The smallest absolute Gasteiger partial charge is 0.237 e. The molecule has 1 saturated carbocycles. The summed E-state index contributed by atoms with van der Waals surface area (Å²) >= 11 is 0. The van der Waals surface area contributed by atoms with Crippen LogP contribution in [0.1, 0.15) is 53.4 Å². The van der Waals surface area contributed by atoms with Crippen LogP contribution in [0.3, 0.4) is 0 Å². The van der Waals surface area contributed by atoms with Gasteiger partial charge in [-0.15, -0.1) is 0 Å². The lowest BCUT2D eigenvalue weighted by Gasteiger charge is -2.19. The van der Waals surface area contributed by atoms with Gasteiger partial charge in [0.15, 0.2) is 0 Å². The van der Waals surface area contributed by atoms with Crippen molar-refractivity contribution in [3.63, 3.8) is 0 Å². The highest BCUT2D eigenvalue weighted by atomic mass is 16.2. The van der Waals surface area contributed by atoms with E-state index in [1.54, 1.807) is 0 Å². The molecule has 1 aliphatic rings. The van der Waals surface area contributed by atoms with Gasteiger partial charge >= 0.3 is 0 Å². The van der Waals surface area contributed by atoms with Gasteiger partial charge in [0, 0.05) is 12.1 Å². The first kappa shape index (κ1) is 13.5. The molecule has 0 aromatic carbocycles. The molecule has 0 aromatic heterocycles. The summed E-state index contributed by atoms with van der Waals surface area (Å²) < 4.78 is 0. The number of carbonyl (C=O) groups excluding carboxylic acids is 1. The summed E-state index contributed by atoms with van der Waals surface area (Å²) in [6.07, 6.45) is 4.48. The van der Waals surface area contributed by atoms with Crippen molar-refractivity contribution in [3.05, 3.63) is 0 Å². The standard InChI is InChI=1S/C13H26N2O/c1-5-10-8-12(10)14-9(4)13(16)15-11(6-2)7-3/h9-12,14H,5-8H2,1-4H3,(H,15,16). The van der Waals surface area contributed by atoms with Gasteiger partial charge in [-0.3, -0.25) is 4.79 Å². The SMILES string of the molecule is CCC(CC)NC(=O)C(C)NC1CC1CC. The number of hydrogen-bond donors (Lipinski definition) is 2. The molecule has 3 heteroatoms. The predicted octanol–water partition coefficient (Wildman–Crippen LogP) is 2.07. The Morgan fingerprint density at radius 1 is 1.31 bits per heavy atom. The van der Waals surface area contributed by atoms with Crippen LogP contribution < -0.4 is 10.6 Å². The molecule has 3 atom stereocenters. The van der Waals surface area contributed by atoms with E-state index in [1.807, 2.05) is 6.92 Å². The number of rotatable bonds is 7. The third-order valence-electron chi connectivity index (χ3n) is 3.64. The Morgan fingerprint density at radius 2 is 1.94 bits per heavy atom. The highest BCUT2D eigenvalue weighted by Gasteiger charge is 2.36. The lowest BCUT2D eigenvalue weighted by atomic mass is 10.1. The zero-order valence-corrected chi connectivity index (χ0v) is 11.0. The number of hydrogen-bond acceptors (Lipinski definition) is 2. The maximum Gasteiger partial charge on any atom is 0.237 e. The molecule has 94 valence electrons. The first-order valence-corrected chi connectivity index (χ1v) is 6.68. The molecule has 1 rings (SSSR count). The molecule has 2 N–H and O–H groups in total. The molecular weight excluding hydrogens is 200 g/mol. The van der Waals surface area contributed by atoms with Crippen molar-refractivity contribution in [2.24, 2.45) is 5.92 Å². The Bertz CT molecular complexity index is 226. The van der Waals surface area contributed by atoms with Crippen molar-refractivity contribution in [2.45, 2.75) is 71.5 Å². The molecule has 3 nitrogen and oxygen atoms in total. The molecule has 0 heterocycles. The first-order chi connectivity index (χ1) is 7.62. The quantitative estimate of drug-likeness (QED) is 0.698. The third kappa shape index (κ3) is 3.78. The van der Waals surface area contributed by atoms with E-state index in [0.29, 0.717) is 12.1 Å². The van der Waals surface area contributed by atoms with E-state index in [2.05, 4.69) is 31.4 Å². The molecule has 0 radical (unpaired) electrons. The maximum absolute atomic E-state index is 11.9. The van der Waals surface area contributed by atoms with E-state index in [9.17, 15) is 4.79 Å². The molecule has 0 bridgehead atoms. The summed E-state index contributed by atoms with van der Waals surface area (Å²) in [4.78, 5) is 11.9. The maximum atomic E-state index is 11.9. The average molecular weight is 226 g/mol. The lowest BCUT2D eigenvalue weighted by molar-refractivity contribution is -0.123. The normalized spacial score (nSPS) is 25.6. The van der Waals surface area contributed by atoms with E-state index in [-0.39, 0.29) is 11.9 Å². The fourth-order valence-corrected chi connectivity index (χ4v) is 2.12. The van der Waals surface area contributed by atoms with Crippen LogP contribution in [-0.2, 0) is 4.79 Å². The van der Waals surface area contributed by atoms with Gasteiger partial charge in [-0.05, 0) is 32.1 Å². The van der Waals surface area contributed by atoms with Crippen molar-refractivity contribution < 1.29 is 4.79 Å². The van der Waals surface area contributed by atoms with Crippen LogP contribution in [0.15, 0.2) is 0 Å². The van der Waals surface area contributed by atoms with E-state index in [4.69, 9.17) is 0 Å². The van der Waals surface area contributed by atoms with Crippen molar-refractivity contribution in [3.8, 4) is 0 Å². The average Bonchev–Trinajstić information content (AvgIpc) is 3.03. The summed E-state index contributed by atoms with van der Waals surface area (Å²) in [7, 11) is 0. The minimum atomic E-state index is -0.0536. The Hall–Kier alpha value is -0.570. The fraction of sp³-hybridized carbons (Fsp3) is 0.923. The van der Waals surface area contributed by atoms with Crippen molar-refractivity contribution in [1.29, 1.82) is 0 Å². The second-order valence-corrected chi connectivity index (χ2v) is 4.92. The monoisotopic (exact) mass is 226 g/mol. The third-order valence-corrected chi connectivity index (χ3v) is 3.64. The Labute approximate surface area is 99.4 Å². The Morgan fingerprint density at radius 3 is 2.38 bits per heavy atom. The molecule has 1 aliphatic carbocycles. The number of carbonyl (C=O) groups is 1. The van der Waals surface area contributed by atoms with E-state index >= 15 is 0 Å². The molecule has 3 unspecified atom stereocenters. The van der Waals surface area contributed by atoms with Crippen molar-refractivity contribution in [2.75, 3.05) is 0 Å². The topological polar surface area (TPSA) is 41.1 Å². The second kappa shape index (κ2) is 6.24. The van der Waals surface area contributed by atoms with E-state index in [0.717, 1.165) is 18.8 Å². The van der Waals surface area contributed by atoms with Gasteiger partial charge in [0.2, 0.25) is 5.91 Å². The molecule has 1 fully saturated rings. The van der Waals surface area contributed by atoms with Crippen LogP contribution >= 0.6 is 0 Å². The van der Waals surface area contributed by atoms with Crippen LogP contribution in [0.2, 0.25) is 0 Å². The lowest BCUT2D eigenvalue weighted by Crippen LogP contribution is -2.46. The summed E-state index contributed by atoms with van der Waals surface area (Å²) in [5, 5.41) is 6.48. The fourth-order valence-electron chi connectivity index (χ4n) is 2.12. The first-order valence-electron chi connectivity index (χ1n) is 6.68. The summed E-state index contributed by atoms with van der Waals surface area (Å²) in [5.74, 6) is 0.943. The molecule has 16 heavy (non-hydrogen) atoms. The minimum Gasteiger partial charge on any atom is -0.352 e. The Balaban J connectivity index is 2.25. The highest BCUT2D eigenvalue weighted by Crippen LogP contribution is 2.33. The second-order valence-electron chi connectivity index (χ2n) is 4.92. The molecule has 0 aromatic rings. The summed E-state index contributed by atoms with van der Waals surface area (Å²) in [6, 6.07) is 0.854. The van der Waals surface area contributed by atoms with Gasteiger partial charge in [0.25, 0.3) is 0 Å². The van der Waals surface area contributed by atoms with Crippen LogP contribution in [0.4, 0.5) is 0 Å². The van der Waals surface area contributed by atoms with Gasteiger partial charge < -0.3 is 10.6 Å². The largest absolute Gasteiger partial charge is 0.352 e. The van der Waals surface area contributed by atoms with Gasteiger partial charge in [-0.1, -0.05) is 27.2 Å². The summed E-state index contributed by atoms with van der Waals surface area (Å²) in [5.41, 5.74) is 0. The highest BCUT2D eigenvalue weighted by molar-refractivity contribution is 5.81. The van der Waals surface area contributed by atoms with Crippen LogP contribution in [0.25, 0.3) is 0 Å². The van der Waals surface area contributed by atoms with Crippen molar-refractivity contribution in [1.82, 2.24) is 10.6 Å². The van der Waals surface area contributed by atoms with E-state index < -0.39 is 0 Å². The number of amides is 1. The van der Waals surface area contributed by atoms with Crippen LogP contribution in [0.5, 0.6) is 0 Å². The number of nitrogens with one attached hydrogen (secondary N) is 2. The van der Waals surface area contributed by atoms with Gasteiger partial charge in [0.1, 0.15) is 0 Å². The van der Waals surface area contributed by atoms with Gasteiger partial charge in [0.05, 0.1) is 6.04 Å². The molecule has 0 spiro atoms. The minimum absolute atomic E-state index is 0.0536. The predicted molar refractivity (Wildman–Crippen MR) is 67.3 cm³/mol. The molecule has 0 saturated heterocycles. The molecule has 0 aliphatic heterocycles. The molecule has 1 amide bonds. The zero-order valence-electron chi connectivity index (χ0n) is 11.0. The van der Waals surface area contributed by atoms with Gasteiger partial charge in [-0.2, -0.15) is 0 Å². The Kier molecular flexibility index (Phi) is 5.26. The van der Waals surface area contributed by atoms with Gasteiger partial charge in [-0.25, -0.2) is 0 Å². The molecular formula is C13H26N2O. The van der Waals surface area contributed by atoms with Crippen molar-refractivity contribution >= 4 is 5.91 Å². The van der Waals surface area contributed by atoms with Crippen LogP contribution in [-0.4, -0.2) is 24.0 Å².